The quantitative estimate of drug-likeness (QED) is 0.401. The number of para-hydroxylation sites is 2. The number of imidazole rings is 1. The van der Waals surface area contributed by atoms with Crippen LogP contribution >= 0.6 is 11.8 Å². The summed E-state index contributed by atoms with van der Waals surface area (Å²) < 4.78 is 6.05. The predicted molar refractivity (Wildman–Crippen MR) is 107 cm³/mol. The number of ether oxygens (including phenoxy) is 1. The van der Waals surface area contributed by atoms with Crippen LogP contribution in [0.25, 0.3) is 11.0 Å². The number of nitrogens with one attached hydrogen (secondary N) is 1. The molecular weight excluding hydrogens is 328 g/mol. The Morgan fingerprint density at radius 3 is 2.76 bits per heavy atom. The van der Waals surface area contributed by atoms with Gasteiger partial charge in [0.15, 0.2) is 5.16 Å². The molecule has 132 valence electrons. The van der Waals surface area contributed by atoms with Gasteiger partial charge < -0.3 is 9.72 Å². The number of aryl methyl sites for hydroxylation is 1. The van der Waals surface area contributed by atoms with Crippen molar-refractivity contribution >= 4 is 22.8 Å². The maximum Gasteiger partial charge on any atom is 0.166 e. The molecule has 0 radical (unpaired) electrons. The lowest BCUT2D eigenvalue weighted by Crippen LogP contribution is -2.02. The summed E-state index contributed by atoms with van der Waals surface area (Å²) in [7, 11) is 0. The summed E-state index contributed by atoms with van der Waals surface area (Å²) in [6, 6.07) is 14.7. The van der Waals surface area contributed by atoms with E-state index in [1.807, 2.05) is 18.2 Å². The van der Waals surface area contributed by atoms with E-state index in [0.29, 0.717) is 5.92 Å². The highest BCUT2D eigenvalue weighted by atomic mass is 32.2. The lowest BCUT2D eigenvalue weighted by molar-refractivity contribution is 0.305. The monoisotopic (exact) mass is 354 g/mol. The van der Waals surface area contributed by atoms with E-state index < -0.39 is 0 Å². The number of fused-ring (bicyclic) bond motifs is 1. The van der Waals surface area contributed by atoms with Crippen LogP contribution in [0.15, 0.2) is 47.6 Å². The Kier molecular flexibility index (Phi) is 6.03. The van der Waals surface area contributed by atoms with E-state index in [1.54, 1.807) is 11.8 Å². The van der Waals surface area contributed by atoms with Crippen LogP contribution in [0.3, 0.4) is 0 Å². The first-order valence-electron chi connectivity index (χ1n) is 8.94. The molecule has 0 aliphatic carbocycles. The third kappa shape index (κ3) is 4.79. The van der Waals surface area contributed by atoms with Gasteiger partial charge in [-0.2, -0.15) is 0 Å². The molecule has 0 spiro atoms. The first-order valence-corrected chi connectivity index (χ1v) is 9.93. The number of aromatic amines is 1. The number of aromatic nitrogens is 2. The summed E-state index contributed by atoms with van der Waals surface area (Å²) in [4.78, 5) is 7.95. The summed E-state index contributed by atoms with van der Waals surface area (Å²) in [6.45, 7) is 7.30. The number of rotatable bonds is 8. The van der Waals surface area contributed by atoms with Crippen LogP contribution in [0, 0.1) is 6.92 Å². The molecule has 25 heavy (non-hydrogen) atoms. The van der Waals surface area contributed by atoms with Crippen LogP contribution in [0.2, 0.25) is 0 Å². The topological polar surface area (TPSA) is 37.9 Å². The van der Waals surface area contributed by atoms with Gasteiger partial charge in [0.05, 0.1) is 17.6 Å². The van der Waals surface area contributed by atoms with Crippen molar-refractivity contribution in [2.75, 3.05) is 12.4 Å². The molecule has 1 aromatic heterocycles. The highest BCUT2D eigenvalue weighted by molar-refractivity contribution is 7.99. The Morgan fingerprint density at radius 1 is 1.12 bits per heavy atom. The van der Waals surface area contributed by atoms with Crippen LogP contribution in [0.4, 0.5) is 0 Å². The van der Waals surface area contributed by atoms with Crippen molar-refractivity contribution in [1.82, 2.24) is 9.97 Å². The second kappa shape index (κ2) is 8.43. The van der Waals surface area contributed by atoms with Gasteiger partial charge in [0.1, 0.15) is 5.75 Å². The Bertz CT molecular complexity index is 793. The number of thioether (sulfide) groups is 1. The molecule has 0 aliphatic heterocycles. The molecule has 3 nitrogen and oxygen atoms in total. The average molecular weight is 355 g/mol. The van der Waals surface area contributed by atoms with Crippen molar-refractivity contribution in [1.29, 1.82) is 0 Å². The lowest BCUT2D eigenvalue weighted by Gasteiger charge is -2.14. The standard InChI is InChI=1S/C21H26N2OS/c1-15(2)17-11-10-16(3)14-20(17)24-12-6-7-13-25-21-22-18-8-4-5-9-19(18)23-21/h4-5,8-11,14-15H,6-7,12-13H2,1-3H3,(H,22,23). The van der Waals surface area contributed by atoms with Crippen molar-refractivity contribution in [2.24, 2.45) is 0 Å². The van der Waals surface area contributed by atoms with Gasteiger partial charge in [-0.05, 0) is 55.0 Å². The minimum absolute atomic E-state index is 0.485. The minimum atomic E-state index is 0.485. The number of unbranched alkanes of at least 4 members (excludes halogenated alkanes) is 1. The predicted octanol–water partition coefficient (Wildman–Crippen LogP) is 5.95. The van der Waals surface area contributed by atoms with Crippen molar-refractivity contribution in [3.8, 4) is 5.75 Å². The van der Waals surface area contributed by atoms with Gasteiger partial charge in [0.2, 0.25) is 0 Å². The van der Waals surface area contributed by atoms with Gasteiger partial charge in [-0.3, -0.25) is 0 Å². The average Bonchev–Trinajstić information content (AvgIpc) is 3.00. The molecule has 0 saturated heterocycles. The van der Waals surface area contributed by atoms with Crippen molar-refractivity contribution in [3.05, 3.63) is 53.6 Å². The fraction of sp³-hybridized carbons (Fsp3) is 0.381. The van der Waals surface area contributed by atoms with Crippen LogP contribution in [0.5, 0.6) is 5.75 Å². The van der Waals surface area contributed by atoms with E-state index >= 15 is 0 Å². The summed E-state index contributed by atoms with van der Waals surface area (Å²) >= 11 is 1.78. The molecule has 3 aromatic rings. The number of hydrogen-bond acceptors (Lipinski definition) is 3. The Labute approximate surface area is 154 Å². The lowest BCUT2D eigenvalue weighted by atomic mass is 10.0. The molecule has 0 bridgehead atoms. The fourth-order valence-electron chi connectivity index (χ4n) is 2.80. The zero-order chi connectivity index (χ0) is 17.6. The molecule has 0 aliphatic rings. The summed E-state index contributed by atoms with van der Waals surface area (Å²) in [5.74, 6) is 2.58. The van der Waals surface area contributed by atoms with E-state index in [2.05, 4.69) is 55.0 Å². The summed E-state index contributed by atoms with van der Waals surface area (Å²) in [6.07, 6.45) is 2.17. The second-order valence-corrected chi connectivity index (χ2v) is 7.74. The van der Waals surface area contributed by atoms with Gasteiger partial charge in [-0.1, -0.05) is 49.9 Å². The van der Waals surface area contributed by atoms with Gasteiger partial charge in [-0.25, -0.2) is 4.98 Å². The number of H-pyrrole nitrogens is 1. The summed E-state index contributed by atoms with van der Waals surface area (Å²) in [5, 5.41) is 1.00. The van der Waals surface area contributed by atoms with E-state index in [4.69, 9.17) is 4.74 Å². The number of nitrogens with zero attached hydrogens (tertiary/aromatic N) is 1. The molecular formula is C21H26N2OS. The van der Waals surface area contributed by atoms with E-state index in [0.717, 1.165) is 47.1 Å². The highest BCUT2D eigenvalue weighted by Crippen LogP contribution is 2.27. The Morgan fingerprint density at radius 2 is 1.96 bits per heavy atom. The molecule has 0 saturated carbocycles. The third-order valence-electron chi connectivity index (χ3n) is 4.19. The van der Waals surface area contributed by atoms with Crippen molar-refractivity contribution < 1.29 is 4.74 Å². The molecule has 2 aromatic carbocycles. The van der Waals surface area contributed by atoms with Crippen LogP contribution in [0.1, 0.15) is 43.7 Å². The zero-order valence-corrected chi connectivity index (χ0v) is 16.0. The number of hydrogen-bond donors (Lipinski definition) is 1. The van der Waals surface area contributed by atoms with Gasteiger partial charge in [-0.15, -0.1) is 0 Å². The van der Waals surface area contributed by atoms with Gasteiger partial charge in [0.25, 0.3) is 0 Å². The maximum atomic E-state index is 6.05. The molecule has 0 atom stereocenters. The fourth-order valence-corrected chi connectivity index (χ4v) is 3.68. The first-order chi connectivity index (χ1) is 12.1. The SMILES string of the molecule is Cc1ccc(C(C)C)c(OCCCCSc2nc3ccccc3[nH]2)c1. The highest BCUT2D eigenvalue weighted by Gasteiger charge is 2.08. The van der Waals surface area contributed by atoms with E-state index in [9.17, 15) is 0 Å². The van der Waals surface area contributed by atoms with E-state index in [-0.39, 0.29) is 0 Å². The van der Waals surface area contributed by atoms with E-state index in [1.165, 1.54) is 11.1 Å². The molecule has 3 rings (SSSR count). The molecule has 0 amide bonds. The molecule has 1 heterocycles. The molecule has 1 N–H and O–H groups in total. The number of benzene rings is 2. The third-order valence-corrected chi connectivity index (χ3v) is 5.15. The Balaban J connectivity index is 1.42. The van der Waals surface area contributed by atoms with Gasteiger partial charge in [0, 0.05) is 5.75 Å². The Hall–Kier alpha value is -1.94. The molecule has 0 fully saturated rings. The minimum Gasteiger partial charge on any atom is -0.493 e. The summed E-state index contributed by atoms with van der Waals surface area (Å²) in [5.41, 5.74) is 4.69. The van der Waals surface area contributed by atoms with Crippen molar-refractivity contribution in [3.63, 3.8) is 0 Å². The largest absolute Gasteiger partial charge is 0.493 e. The van der Waals surface area contributed by atoms with Crippen molar-refractivity contribution in [2.45, 2.75) is 44.7 Å². The van der Waals surface area contributed by atoms with Crippen LogP contribution in [-0.4, -0.2) is 22.3 Å². The zero-order valence-electron chi connectivity index (χ0n) is 15.2. The normalized spacial score (nSPS) is 11.4. The van der Waals surface area contributed by atoms with Crippen LogP contribution in [-0.2, 0) is 0 Å². The smallest absolute Gasteiger partial charge is 0.166 e. The van der Waals surface area contributed by atoms with Crippen LogP contribution < -0.4 is 4.74 Å². The second-order valence-electron chi connectivity index (χ2n) is 6.66. The van der Waals surface area contributed by atoms with Gasteiger partial charge >= 0.3 is 0 Å². The molecule has 0 unspecified atom stereocenters. The maximum absolute atomic E-state index is 6.05. The molecule has 4 heteroatoms. The first kappa shape index (κ1) is 17.9.